The summed E-state index contributed by atoms with van der Waals surface area (Å²) in [6, 6.07) is 0. The van der Waals surface area contributed by atoms with Gasteiger partial charge in [0.25, 0.3) is 6.29 Å². The number of aliphatic carboxylic acids is 1. The fourth-order valence-corrected chi connectivity index (χ4v) is 12.2. The van der Waals surface area contributed by atoms with Crippen LogP contribution >= 0.6 is 0 Å². The van der Waals surface area contributed by atoms with Crippen LogP contribution in [-0.4, -0.2) is 87.4 Å². The molecule has 1 N–H and O–H groups in total. The first-order valence-electron chi connectivity index (χ1n) is 42.8. The van der Waals surface area contributed by atoms with Gasteiger partial charge >= 0.3 is 17.9 Å². The second-order valence-electron chi connectivity index (χ2n) is 29.8. The average Bonchev–Trinajstić information content (AvgIpc) is 0.999. The largest absolute Gasteiger partial charge is 0.477 e. The van der Waals surface area contributed by atoms with Crippen molar-refractivity contribution in [2.45, 2.75) is 392 Å². The van der Waals surface area contributed by atoms with Gasteiger partial charge in [0.05, 0.1) is 34.4 Å². The first-order chi connectivity index (χ1) is 50.1. The molecule has 0 spiro atoms. The van der Waals surface area contributed by atoms with Crippen LogP contribution in [0.1, 0.15) is 380 Å². The zero-order valence-corrected chi connectivity index (χ0v) is 67.2. The normalized spacial score (nSPS) is 13.3. The van der Waals surface area contributed by atoms with Crippen molar-refractivity contribution in [2.75, 3.05) is 47.5 Å². The quantitative estimate of drug-likeness (QED) is 0.0211. The molecule has 0 aromatic rings. The third kappa shape index (κ3) is 82.7. The summed E-state index contributed by atoms with van der Waals surface area (Å²) in [4.78, 5) is 37.8. The standard InChI is InChI=1S/C93H161NO8/c1-6-8-10-12-14-16-18-20-22-24-26-28-30-32-34-36-38-40-42-44-45-46-47-48-50-52-54-56-58-60-62-64-66-68-70-72-74-76-78-80-82-84-91(96)102-89(88-101-93(92(97)98)99-86-85-94(3,4)5)87-100-90(95)83-81-79-77-75-73-71-69-67-65-63-61-59-57-55-53-51-49-43-41-39-37-35-33-31-29-27-25-23-21-19-17-15-13-11-9-7-2/h8,10,14,16,20,22,26,28,32,34,38,40,44-45,47-48,52,54,58,60,64,66,89,93H,6-7,9,11-13,15,17-19,21,23-25,27,29-31,33,35-37,39,41-43,46,49-51,53,55-57,59,61-63,65,67-88H2,1-5H3/p+1/b10-8-,16-14-,22-20-,28-26-,34-32-,40-38-,45-44-,48-47-,54-52-,60-58-,66-64-. The Hall–Kier alpha value is -4.57. The molecule has 0 saturated heterocycles. The number of carboxylic acid groups (broad SMARTS) is 1. The van der Waals surface area contributed by atoms with E-state index in [-0.39, 0.29) is 32.2 Å². The van der Waals surface area contributed by atoms with Crippen LogP contribution in [0.4, 0.5) is 0 Å². The smallest absolute Gasteiger partial charge is 0.361 e. The number of hydrogen-bond acceptors (Lipinski definition) is 7. The van der Waals surface area contributed by atoms with E-state index in [1.165, 1.54) is 231 Å². The predicted octanol–water partition coefficient (Wildman–Crippen LogP) is 28.0. The van der Waals surface area contributed by atoms with Gasteiger partial charge in [0.15, 0.2) is 6.10 Å². The van der Waals surface area contributed by atoms with Crippen molar-refractivity contribution in [2.24, 2.45) is 0 Å². The van der Waals surface area contributed by atoms with E-state index in [2.05, 4.69) is 148 Å². The fraction of sp³-hybridized carbons (Fsp3) is 0.731. The van der Waals surface area contributed by atoms with E-state index in [1.807, 2.05) is 21.1 Å². The maximum atomic E-state index is 13.0. The van der Waals surface area contributed by atoms with E-state index in [0.29, 0.717) is 23.9 Å². The minimum atomic E-state index is -1.52. The van der Waals surface area contributed by atoms with Crippen molar-refractivity contribution in [1.82, 2.24) is 0 Å². The molecule has 0 fully saturated rings. The summed E-state index contributed by atoms with van der Waals surface area (Å²) in [6.45, 7) is 4.79. The molecule has 0 bridgehead atoms. The van der Waals surface area contributed by atoms with Gasteiger partial charge in [-0.05, 0) is 96.3 Å². The van der Waals surface area contributed by atoms with Crippen LogP contribution in [0.5, 0.6) is 0 Å². The molecule has 0 aromatic heterocycles. The molecule has 0 aliphatic heterocycles. The number of ether oxygens (including phenoxy) is 4. The van der Waals surface area contributed by atoms with Crippen LogP contribution in [0.25, 0.3) is 0 Å². The van der Waals surface area contributed by atoms with Gasteiger partial charge in [-0.1, -0.05) is 404 Å². The molecule has 0 rings (SSSR count). The van der Waals surface area contributed by atoms with E-state index in [4.69, 9.17) is 18.9 Å². The molecule has 9 heteroatoms. The second-order valence-corrected chi connectivity index (χ2v) is 29.8. The highest BCUT2D eigenvalue weighted by molar-refractivity contribution is 5.71. The predicted molar refractivity (Wildman–Crippen MR) is 442 cm³/mol. The third-order valence-electron chi connectivity index (χ3n) is 18.7. The van der Waals surface area contributed by atoms with Crippen molar-refractivity contribution in [3.63, 3.8) is 0 Å². The Morgan fingerprint density at radius 3 is 0.833 bits per heavy atom. The Bertz CT molecular complexity index is 2150. The van der Waals surface area contributed by atoms with Crippen LogP contribution in [0.15, 0.2) is 134 Å². The highest BCUT2D eigenvalue weighted by atomic mass is 16.7. The van der Waals surface area contributed by atoms with Gasteiger partial charge in [0.1, 0.15) is 13.2 Å². The second kappa shape index (κ2) is 82.1. The van der Waals surface area contributed by atoms with E-state index in [1.54, 1.807) is 0 Å². The zero-order valence-electron chi connectivity index (χ0n) is 67.2. The van der Waals surface area contributed by atoms with Gasteiger partial charge in [-0.15, -0.1) is 0 Å². The van der Waals surface area contributed by atoms with Gasteiger partial charge in [-0.2, -0.15) is 0 Å². The van der Waals surface area contributed by atoms with Crippen molar-refractivity contribution >= 4 is 17.9 Å². The Balaban J connectivity index is 4.06. The topological polar surface area (TPSA) is 108 Å². The Morgan fingerprint density at radius 2 is 0.559 bits per heavy atom. The number of allylic oxidation sites excluding steroid dienone is 22. The van der Waals surface area contributed by atoms with Crippen molar-refractivity contribution in [1.29, 1.82) is 0 Å². The van der Waals surface area contributed by atoms with E-state index in [0.717, 1.165) is 116 Å². The summed E-state index contributed by atoms with van der Waals surface area (Å²) in [5.41, 5.74) is 0. The van der Waals surface area contributed by atoms with Crippen molar-refractivity contribution < 1.29 is 42.9 Å². The summed E-state index contributed by atoms with van der Waals surface area (Å²) in [7, 11) is 5.98. The molecule has 102 heavy (non-hydrogen) atoms. The van der Waals surface area contributed by atoms with Crippen molar-refractivity contribution in [3.8, 4) is 0 Å². The van der Waals surface area contributed by atoms with Gasteiger partial charge in [0, 0.05) is 12.8 Å². The summed E-state index contributed by atoms with van der Waals surface area (Å²) < 4.78 is 23.1. The molecule has 2 atom stereocenters. The number of unbranched alkanes of at least 4 members (excludes halogenated alkanes) is 42. The number of quaternary nitrogens is 1. The van der Waals surface area contributed by atoms with Crippen LogP contribution in [-0.2, 0) is 33.3 Å². The molecular weight excluding hydrogens is 1260 g/mol. The SMILES string of the molecule is CC/C=C\C/C=C\C/C=C\C/C=C\C/C=C\C/C=C\C/C=C\C/C=C\C/C=C\C/C=C\C/C=C\CCCCCCCCCC(=O)OC(COC(=O)CCCCCCCCCCCCCCCCCCCCCCCCCCCCCCCCCCCCCC)COC(OCC[N+](C)(C)C)C(=O)O. The number of carboxylic acids is 1. The lowest BCUT2D eigenvalue weighted by Crippen LogP contribution is -2.40. The summed E-state index contributed by atoms with van der Waals surface area (Å²) in [5.74, 6) is -2.01. The average molecular weight is 1420 g/mol. The molecular formula is C93H162NO8+. The van der Waals surface area contributed by atoms with Crippen LogP contribution in [0.3, 0.4) is 0 Å². The highest BCUT2D eigenvalue weighted by Gasteiger charge is 2.25. The monoisotopic (exact) mass is 1420 g/mol. The van der Waals surface area contributed by atoms with Gasteiger partial charge in [0.2, 0.25) is 0 Å². The lowest BCUT2D eigenvalue weighted by molar-refractivity contribution is -0.870. The summed E-state index contributed by atoms with van der Waals surface area (Å²) >= 11 is 0. The molecule has 0 aliphatic rings. The summed E-state index contributed by atoms with van der Waals surface area (Å²) in [6.07, 6.45) is 116. The number of carbonyl (C=O) groups is 3. The molecule has 0 aromatic carbocycles. The molecule has 0 heterocycles. The first-order valence-corrected chi connectivity index (χ1v) is 42.8. The lowest BCUT2D eigenvalue weighted by Gasteiger charge is -2.25. The third-order valence-corrected chi connectivity index (χ3v) is 18.7. The number of hydrogen-bond donors (Lipinski definition) is 1. The maximum Gasteiger partial charge on any atom is 0.361 e. The lowest BCUT2D eigenvalue weighted by atomic mass is 10.0. The van der Waals surface area contributed by atoms with Gasteiger partial charge < -0.3 is 28.5 Å². The van der Waals surface area contributed by atoms with Gasteiger partial charge in [-0.25, -0.2) is 4.79 Å². The van der Waals surface area contributed by atoms with Crippen LogP contribution in [0, 0.1) is 0 Å². The van der Waals surface area contributed by atoms with Gasteiger partial charge in [-0.3, -0.25) is 9.59 Å². The Kier molecular flexibility index (Phi) is 78.4. The minimum Gasteiger partial charge on any atom is -0.477 e. The molecule has 2 unspecified atom stereocenters. The maximum absolute atomic E-state index is 13.0. The Labute approximate surface area is 630 Å². The number of esters is 2. The molecule has 9 nitrogen and oxygen atoms in total. The molecule has 586 valence electrons. The number of likely N-dealkylation sites (N-methyl/N-ethyl adjacent to an activating group) is 1. The van der Waals surface area contributed by atoms with E-state index in [9.17, 15) is 19.5 Å². The van der Waals surface area contributed by atoms with Crippen molar-refractivity contribution in [3.05, 3.63) is 134 Å². The van der Waals surface area contributed by atoms with E-state index >= 15 is 0 Å². The highest BCUT2D eigenvalue weighted by Crippen LogP contribution is 2.19. The summed E-state index contributed by atoms with van der Waals surface area (Å²) in [5, 5.41) is 9.78. The molecule has 0 saturated carbocycles. The molecule has 0 radical (unpaired) electrons. The first kappa shape index (κ1) is 97.4. The number of carbonyl (C=O) groups excluding carboxylic acids is 2. The molecule has 0 amide bonds. The number of nitrogens with zero attached hydrogens (tertiary/aromatic N) is 1. The number of rotatable bonds is 79. The fourth-order valence-electron chi connectivity index (χ4n) is 12.2. The minimum absolute atomic E-state index is 0.181. The van der Waals surface area contributed by atoms with E-state index < -0.39 is 24.3 Å². The van der Waals surface area contributed by atoms with Crippen LogP contribution < -0.4 is 0 Å². The zero-order chi connectivity index (χ0) is 73.9. The molecule has 0 aliphatic carbocycles. The Morgan fingerprint density at radius 1 is 0.304 bits per heavy atom. The van der Waals surface area contributed by atoms with Crippen LogP contribution in [0.2, 0.25) is 0 Å².